The zero-order chi connectivity index (χ0) is 12.5. The molecule has 0 bridgehead atoms. The van der Waals surface area contributed by atoms with Crippen LogP contribution in [0.5, 0.6) is 0 Å². The molecule has 0 spiro atoms. The first-order valence-corrected chi connectivity index (χ1v) is 6.76. The van der Waals surface area contributed by atoms with E-state index in [9.17, 15) is 5.11 Å². The summed E-state index contributed by atoms with van der Waals surface area (Å²) in [5.74, 6) is 0. The van der Waals surface area contributed by atoms with Gasteiger partial charge in [-0.1, -0.05) is 11.6 Å². The van der Waals surface area contributed by atoms with Crippen molar-refractivity contribution in [3.63, 3.8) is 0 Å². The molecule has 2 saturated heterocycles. The molecule has 2 aliphatic rings. The number of aliphatic hydroxyl groups is 1. The fourth-order valence-electron chi connectivity index (χ4n) is 3.15. The molecule has 0 aromatic carbocycles. The number of aliphatic hydroxyl groups excluding tert-OH is 1. The van der Waals surface area contributed by atoms with E-state index in [1.165, 1.54) is 25.0 Å². The van der Waals surface area contributed by atoms with Gasteiger partial charge < -0.3 is 9.84 Å². The highest BCUT2D eigenvalue weighted by atomic mass is 16.5. The topological polar surface area (TPSA) is 32.7 Å². The van der Waals surface area contributed by atoms with Crippen molar-refractivity contribution in [3.8, 4) is 0 Å². The Hall–Kier alpha value is -0.380. The minimum atomic E-state index is -0.326. The van der Waals surface area contributed by atoms with Crippen LogP contribution in [0.25, 0.3) is 0 Å². The van der Waals surface area contributed by atoms with E-state index in [1.807, 2.05) is 13.0 Å². The van der Waals surface area contributed by atoms with Crippen molar-refractivity contribution >= 4 is 0 Å². The fraction of sp³-hybridized carbons (Fsp3) is 0.857. The second kappa shape index (κ2) is 5.09. The van der Waals surface area contributed by atoms with Crippen molar-refractivity contribution in [2.75, 3.05) is 19.7 Å². The molecule has 0 unspecified atom stereocenters. The van der Waals surface area contributed by atoms with Gasteiger partial charge in [-0.2, -0.15) is 0 Å². The maximum Gasteiger partial charge on any atom is 0.0695 e. The van der Waals surface area contributed by atoms with E-state index < -0.39 is 0 Å². The second-order valence-corrected chi connectivity index (χ2v) is 5.85. The molecule has 2 heterocycles. The second-order valence-electron chi connectivity index (χ2n) is 5.85. The van der Waals surface area contributed by atoms with E-state index in [1.54, 1.807) is 0 Å². The Morgan fingerprint density at radius 1 is 1.47 bits per heavy atom. The van der Waals surface area contributed by atoms with Gasteiger partial charge in [-0.25, -0.2) is 0 Å². The number of hydrogen-bond acceptors (Lipinski definition) is 3. The summed E-state index contributed by atoms with van der Waals surface area (Å²) in [6, 6.07) is 0. The van der Waals surface area contributed by atoms with Crippen molar-refractivity contribution in [1.82, 2.24) is 4.90 Å². The normalized spacial score (nSPS) is 33.6. The van der Waals surface area contributed by atoms with E-state index in [0.29, 0.717) is 6.10 Å². The zero-order valence-corrected chi connectivity index (χ0v) is 11.3. The molecular weight excluding hydrogens is 214 g/mol. The van der Waals surface area contributed by atoms with Crippen molar-refractivity contribution in [2.24, 2.45) is 0 Å². The minimum absolute atomic E-state index is 0.227. The predicted molar refractivity (Wildman–Crippen MR) is 69.0 cm³/mol. The molecule has 3 nitrogen and oxygen atoms in total. The Morgan fingerprint density at radius 2 is 2.24 bits per heavy atom. The third-order valence-electron chi connectivity index (χ3n) is 3.85. The first-order chi connectivity index (χ1) is 8.02. The highest BCUT2D eigenvalue weighted by Crippen LogP contribution is 2.41. The van der Waals surface area contributed by atoms with Gasteiger partial charge in [0.15, 0.2) is 0 Å². The van der Waals surface area contributed by atoms with Crippen LogP contribution in [0.4, 0.5) is 0 Å². The van der Waals surface area contributed by atoms with Crippen LogP contribution >= 0.6 is 0 Å². The zero-order valence-electron chi connectivity index (χ0n) is 11.3. The Labute approximate surface area is 104 Å². The van der Waals surface area contributed by atoms with Gasteiger partial charge >= 0.3 is 0 Å². The summed E-state index contributed by atoms with van der Waals surface area (Å²) in [6.45, 7) is 9.05. The van der Waals surface area contributed by atoms with Crippen molar-refractivity contribution in [3.05, 3.63) is 11.6 Å². The Balaban J connectivity index is 2.04. The Morgan fingerprint density at radius 3 is 2.88 bits per heavy atom. The van der Waals surface area contributed by atoms with Crippen LogP contribution in [-0.2, 0) is 4.74 Å². The molecule has 2 rings (SSSR count). The standard InChI is InChI=1S/C14H25NO2/c1-11(2)17-10-14-5-4-6-15(14)9-13(8-14)7-12(3)16/h7,11-12,16H,4-6,8-10H2,1-3H3/b13-7-/t12-,14+/m1/s1. The number of nitrogens with zero attached hydrogens (tertiary/aromatic N) is 1. The van der Waals surface area contributed by atoms with Crippen molar-refractivity contribution in [1.29, 1.82) is 0 Å². The van der Waals surface area contributed by atoms with E-state index in [0.717, 1.165) is 19.6 Å². The third kappa shape index (κ3) is 2.90. The van der Waals surface area contributed by atoms with Gasteiger partial charge in [0, 0.05) is 12.1 Å². The van der Waals surface area contributed by atoms with Crippen LogP contribution in [0.2, 0.25) is 0 Å². The first-order valence-electron chi connectivity index (χ1n) is 6.76. The van der Waals surface area contributed by atoms with Gasteiger partial charge in [0.1, 0.15) is 0 Å². The molecule has 3 heteroatoms. The molecule has 17 heavy (non-hydrogen) atoms. The van der Waals surface area contributed by atoms with Gasteiger partial charge in [-0.3, -0.25) is 4.90 Å². The summed E-state index contributed by atoms with van der Waals surface area (Å²) in [6.07, 6.45) is 5.57. The average molecular weight is 239 g/mol. The van der Waals surface area contributed by atoms with E-state index >= 15 is 0 Å². The summed E-state index contributed by atoms with van der Waals surface area (Å²) in [4.78, 5) is 2.55. The first kappa shape index (κ1) is 13.1. The van der Waals surface area contributed by atoms with Gasteiger partial charge in [0.05, 0.1) is 18.8 Å². The lowest BCUT2D eigenvalue weighted by molar-refractivity contribution is 0.00328. The largest absolute Gasteiger partial charge is 0.389 e. The van der Waals surface area contributed by atoms with Crippen LogP contribution in [-0.4, -0.2) is 47.4 Å². The molecule has 2 atom stereocenters. The molecule has 0 aromatic heterocycles. The maximum absolute atomic E-state index is 9.45. The monoisotopic (exact) mass is 239 g/mol. The molecule has 0 aromatic rings. The number of hydrogen-bond donors (Lipinski definition) is 1. The highest BCUT2D eigenvalue weighted by molar-refractivity contribution is 5.21. The van der Waals surface area contributed by atoms with E-state index in [-0.39, 0.29) is 11.6 Å². The van der Waals surface area contributed by atoms with Crippen LogP contribution in [0.3, 0.4) is 0 Å². The van der Waals surface area contributed by atoms with Crippen LogP contribution in [0, 0.1) is 0 Å². The van der Waals surface area contributed by atoms with Crippen LogP contribution in [0.15, 0.2) is 11.6 Å². The molecule has 1 N–H and O–H groups in total. The Bertz CT molecular complexity index is 299. The van der Waals surface area contributed by atoms with E-state index in [2.05, 4.69) is 18.7 Å². The smallest absolute Gasteiger partial charge is 0.0695 e. The molecule has 0 saturated carbocycles. The molecule has 2 fully saturated rings. The third-order valence-corrected chi connectivity index (χ3v) is 3.85. The average Bonchev–Trinajstić information content (AvgIpc) is 2.70. The number of ether oxygens (including phenoxy) is 1. The fourth-order valence-corrected chi connectivity index (χ4v) is 3.15. The minimum Gasteiger partial charge on any atom is -0.389 e. The quantitative estimate of drug-likeness (QED) is 0.761. The molecular formula is C14H25NO2. The Kier molecular flexibility index (Phi) is 3.91. The lowest BCUT2D eigenvalue weighted by Crippen LogP contribution is -2.43. The highest BCUT2D eigenvalue weighted by Gasteiger charge is 2.46. The molecule has 0 radical (unpaired) electrons. The summed E-state index contributed by atoms with van der Waals surface area (Å²) >= 11 is 0. The summed E-state index contributed by atoms with van der Waals surface area (Å²) in [5.41, 5.74) is 1.61. The van der Waals surface area contributed by atoms with E-state index in [4.69, 9.17) is 4.74 Å². The van der Waals surface area contributed by atoms with Gasteiger partial charge in [-0.15, -0.1) is 0 Å². The molecule has 2 aliphatic heterocycles. The SMILES string of the molecule is CC(C)OC[C@@]12CCCN1C/C(=C\[C@@H](C)O)C2. The van der Waals surface area contributed by atoms with Crippen LogP contribution < -0.4 is 0 Å². The number of rotatable bonds is 4. The molecule has 0 aliphatic carbocycles. The van der Waals surface area contributed by atoms with Gasteiger partial charge in [0.25, 0.3) is 0 Å². The lowest BCUT2D eigenvalue weighted by Gasteiger charge is -2.32. The molecule has 98 valence electrons. The summed E-state index contributed by atoms with van der Waals surface area (Å²) < 4.78 is 5.85. The maximum atomic E-state index is 9.45. The molecule has 0 amide bonds. The number of fused-ring (bicyclic) bond motifs is 1. The summed E-state index contributed by atoms with van der Waals surface area (Å²) in [5, 5.41) is 9.45. The summed E-state index contributed by atoms with van der Waals surface area (Å²) in [7, 11) is 0. The predicted octanol–water partition coefficient (Wildman–Crippen LogP) is 1.96. The van der Waals surface area contributed by atoms with Crippen molar-refractivity contribution < 1.29 is 9.84 Å². The van der Waals surface area contributed by atoms with Crippen molar-refractivity contribution in [2.45, 2.75) is 57.8 Å². The van der Waals surface area contributed by atoms with Gasteiger partial charge in [-0.05, 0) is 46.6 Å². The lowest BCUT2D eigenvalue weighted by atomic mass is 9.93. The van der Waals surface area contributed by atoms with Crippen LogP contribution in [0.1, 0.15) is 40.0 Å². The van der Waals surface area contributed by atoms with Gasteiger partial charge in [0.2, 0.25) is 0 Å².